The second-order valence-corrected chi connectivity index (χ2v) is 5.50. The van der Waals surface area contributed by atoms with Gasteiger partial charge in [0.25, 0.3) is 0 Å². The van der Waals surface area contributed by atoms with Gasteiger partial charge in [-0.1, -0.05) is 30.3 Å². The van der Waals surface area contributed by atoms with Crippen molar-refractivity contribution in [1.29, 1.82) is 0 Å². The first-order chi connectivity index (χ1) is 10.3. The molecule has 0 saturated heterocycles. The Morgan fingerprint density at radius 3 is 2.81 bits per heavy atom. The van der Waals surface area contributed by atoms with Gasteiger partial charge in [-0.15, -0.1) is 0 Å². The summed E-state index contributed by atoms with van der Waals surface area (Å²) in [5.74, 6) is 0.794. The Kier molecular flexibility index (Phi) is 4.11. The zero-order chi connectivity index (χ0) is 14.7. The highest BCUT2D eigenvalue weighted by atomic mass is 16.5. The molecule has 110 valence electrons. The predicted molar refractivity (Wildman–Crippen MR) is 83.9 cm³/mol. The maximum absolute atomic E-state index is 10.0. The molecule has 1 heterocycles. The van der Waals surface area contributed by atoms with Crippen molar-refractivity contribution in [1.82, 2.24) is 5.32 Å². The first kappa shape index (κ1) is 14.0. The van der Waals surface area contributed by atoms with Crippen molar-refractivity contribution in [3.8, 4) is 11.5 Å². The Labute approximate surface area is 125 Å². The van der Waals surface area contributed by atoms with Crippen molar-refractivity contribution >= 4 is 0 Å². The van der Waals surface area contributed by atoms with Gasteiger partial charge in [-0.3, -0.25) is 0 Å². The van der Waals surface area contributed by atoms with Crippen molar-refractivity contribution in [3.05, 3.63) is 59.2 Å². The minimum atomic E-state index is 0.227. The van der Waals surface area contributed by atoms with Crippen LogP contribution in [0.2, 0.25) is 0 Å². The van der Waals surface area contributed by atoms with E-state index in [4.69, 9.17) is 4.74 Å². The summed E-state index contributed by atoms with van der Waals surface area (Å²) in [6, 6.07) is 14.7. The fourth-order valence-electron chi connectivity index (χ4n) is 3.04. The minimum Gasteiger partial charge on any atom is -0.504 e. The molecule has 21 heavy (non-hydrogen) atoms. The number of methoxy groups -OCH3 is 1. The van der Waals surface area contributed by atoms with E-state index in [2.05, 4.69) is 29.6 Å². The van der Waals surface area contributed by atoms with E-state index in [0.29, 0.717) is 11.8 Å². The maximum atomic E-state index is 10.0. The van der Waals surface area contributed by atoms with E-state index in [-0.39, 0.29) is 5.75 Å². The summed E-state index contributed by atoms with van der Waals surface area (Å²) in [6.45, 7) is 0.973. The van der Waals surface area contributed by atoms with E-state index in [0.717, 1.165) is 25.8 Å². The van der Waals surface area contributed by atoms with Gasteiger partial charge in [0.2, 0.25) is 0 Å². The van der Waals surface area contributed by atoms with Gasteiger partial charge >= 0.3 is 0 Å². The van der Waals surface area contributed by atoms with E-state index in [1.165, 1.54) is 16.7 Å². The number of hydrogen-bond acceptors (Lipinski definition) is 3. The fourth-order valence-corrected chi connectivity index (χ4v) is 3.04. The number of aromatic hydroxyl groups is 1. The van der Waals surface area contributed by atoms with Crippen molar-refractivity contribution in [2.24, 2.45) is 0 Å². The first-order valence-corrected chi connectivity index (χ1v) is 7.45. The van der Waals surface area contributed by atoms with Gasteiger partial charge in [-0.2, -0.15) is 0 Å². The van der Waals surface area contributed by atoms with Crippen LogP contribution in [0.25, 0.3) is 0 Å². The molecule has 0 spiro atoms. The highest BCUT2D eigenvalue weighted by Crippen LogP contribution is 2.35. The summed E-state index contributed by atoms with van der Waals surface area (Å²) in [6.07, 6.45) is 3.04. The number of hydrogen-bond donors (Lipinski definition) is 2. The van der Waals surface area contributed by atoms with Crippen LogP contribution in [0, 0.1) is 0 Å². The smallest absolute Gasteiger partial charge is 0.160 e. The number of fused-ring (bicyclic) bond motifs is 1. The van der Waals surface area contributed by atoms with Crippen LogP contribution < -0.4 is 10.1 Å². The molecule has 0 amide bonds. The van der Waals surface area contributed by atoms with E-state index < -0.39 is 0 Å². The molecule has 0 fully saturated rings. The average molecular weight is 283 g/mol. The molecule has 1 unspecified atom stereocenters. The molecule has 0 aliphatic carbocycles. The average Bonchev–Trinajstić information content (AvgIpc) is 2.53. The highest BCUT2D eigenvalue weighted by Gasteiger charge is 2.21. The van der Waals surface area contributed by atoms with Crippen LogP contribution in [0.15, 0.2) is 42.5 Å². The van der Waals surface area contributed by atoms with Gasteiger partial charge in [-0.05, 0) is 54.6 Å². The lowest BCUT2D eigenvalue weighted by molar-refractivity contribution is 0.369. The molecule has 0 saturated carbocycles. The largest absolute Gasteiger partial charge is 0.504 e. The lowest BCUT2D eigenvalue weighted by Gasteiger charge is -2.27. The van der Waals surface area contributed by atoms with Crippen LogP contribution in [0.4, 0.5) is 0 Å². The SMILES string of the molecule is COc1cc2c(cc1O)C(CCc1ccccc1)NCC2. The van der Waals surface area contributed by atoms with Crippen LogP contribution in [-0.4, -0.2) is 18.8 Å². The minimum absolute atomic E-state index is 0.227. The predicted octanol–water partition coefficient (Wildman–Crippen LogP) is 3.22. The quantitative estimate of drug-likeness (QED) is 0.905. The van der Waals surface area contributed by atoms with Gasteiger partial charge in [-0.25, -0.2) is 0 Å². The van der Waals surface area contributed by atoms with Crippen molar-refractivity contribution in [2.75, 3.05) is 13.7 Å². The number of benzene rings is 2. The van der Waals surface area contributed by atoms with Crippen LogP contribution >= 0.6 is 0 Å². The van der Waals surface area contributed by atoms with E-state index in [1.807, 2.05) is 18.2 Å². The Balaban J connectivity index is 1.78. The van der Waals surface area contributed by atoms with Gasteiger partial charge < -0.3 is 15.2 Å². The van der Waals surface area contributed by atoms with Gasteiger partial charge in [0.05, 0.1) is 7.11 Å². The van der Waals surface area contributed by atoms with Crippen LogP contribution in [0.1, 0.15) is 29.2 Å². The zero-order valence-electron chi connectivity index (χ0n) is 12.3. The normalized spacial score (nSPS) is 17.3. The molecule has 0 radical (unpaired) electrons. The molecule has 2 N–H and O–H groups in total. The molecule has 3 nitrogen and oxygen atoms in total. The Hall–Kier alpha value is -2.00. The summed E-state index contributed by atoms with van der Waals surface area (Å²) in [7, 11) is 1.59. The standard InChI is InChI=1S/C18H21NO2/c1-21-18-11-14-9-10-19-16(15(14)12-17(18)20)8-7-13-5-3-2-4-6-13/h2-6,11-12,16,19-20H,7-10H2,1H3. The van der Waals surface area contributed by atoms with Crippen LogP contribution in [0.5, 0.6) is 11.5 Å². The molecule has 1 atom stereocenters. The third kappa shape index (κ3) is 3.03. The third-order valence-electron chi connectivity index (χ3n) is 4.17. The number of phenolic OH excluding ortho intramolecular Hbond substituents is 1. The Bertz CT molecular complexity index is 610. The van der Waals surface area contributed by atoms with E-state index in [1.54, 1.807) is 7.11 Å². The van der Waals surface area contributed by atoms with Crippen molar-refractivity contribution in [2.45, 2.75) is 25.3 Å². The highest BCUT2D eigenvalue weighted by molar-refractivity contribution is 5.48. The summed E-state index contributed by atoms with van der Waals surface area (Å²) in [5, 5.41) is 13.6. The van der Waals surface area contributed by atoms with E-state index in [9.17, 15) is 5.11 Å². The molecule has 1 aliphatic heterocycles. The third-order valence-corrected chi connectivity index (χ3v) is 4.17. The molecule has 2 aromatic rings. The molecular weight excluding hydrogens is 262 g/mol. The fraction of sp³-hybridized carbons (Fsp3) is 0.333. The molecule has 0 bridgehead atoms. The van der Waals surface area contributed by atoms with Crippen LogP contribution in [0.3, 0.4) is 0 Å². The second-order valence-electron chi connectivity index (χ2n) is 5.50. The topological polar surface area (TPSA) is 41.5 Å². The zero-order valence-corrected chi connectivity index (χ0v) is 12.3. The second kappa shape index (κ2) is 6.19. The lowest BCUT2D eigenvalue weighted by atomic mass is 9.90. The van der Waals surface area contributed by atoms with Gasteiger partial charge in [0.1, 0.15) is 0 Å². The molecule has 3 heteroatoms. The summed E-state index contributed by atoms with van der Waals surface area (Å²) >= 11 is 0. The Morgan fingerprint density at radius 1 is 1.24 bits per heavy atom. The van der Waals surface area contributed by atoms with Gasteiger partial charge in [0.15, 0.2) is 11.5 Å². The Morgan fingerprint density at radius 2 is 2.05 bits per heavy atom. The van der Waals surface area contributed by atoms with Crippen molar-refractivity contribution < 1.29 is 9.84 Å². The van der Waals surface area contributed by atoms with Crippen LogP contribution in [-0.2, 0) is 12.8 Å². The summed E-state index contributed by atoms with van der Waals surface area (Å²) < 4.78 is 5.21. The maximum Gasteiger partial charge on any atom is 0.160 e. The lowest BCUT2D eigenvalue weighted by Crippen LogP contribution is -2.30. The molecular formula is C18H21NO2. The van der Waals surface area contributed by atoms with Crippen molar-refractivity contribution in [3.63, 3.8) is 0 Å². The molecule has 0 aromatic heterocycles. The number of phenols is 1. The number of aryl methyl sites for hydroxylation is 1. The molecule has 1 aliphatic rings. The monoisotopic (exact) mass is 283 g/mol. The number of rotatable bonds is 4. The summed E-state index contributed by atoms with van der Waals surface area (Å²) in [4.78, 5) is 0. The van der Waals surface area contributed by atoms with E-state index >= 15 is 0 Å². The van der Waals surface area contributed by atoms with Gasteiger partial charge in [0, 0.05) is 6.04 Å². The number of nitrogens with one attached hydrogen (secondary N) is 1. The first-order valence-electron chi connectivity index (χ1n) is 7.45. The summed E-state index contributed by atoms with van der Waals surface area (Å²) in [5.41, 5.74) is 3.83. The number of ether oxygens (including phenoxy) is 1. The molecule has 2 aromatic carbocycles. The molecule has 3 rings (SSSR count).